The number of rotatable bonds is 7. The van der Waals surface area contributed by atoms with Crippen molar-refractivity contribution >= 4 is 29.2 Å². The highest BCUT2D eigenvalue weighted by Crippen LogP contribution is 2.44. The summed E-state index contributed by atoms with van der Waals surface area (Å²) in [6.07, 6.45) is 6.15. The maximum Gasteiger partial charge on any atom is 0.410 e. The quantitative estimate of drug-likeness (QED) is 0.238. The standard InChI is InChI=1S/C33H35NO5S/c1-2-38-32(36)31-25-15-4-3-5-17-29(25)40-30(31)19-28(35)27-16-10-18-34(27)33(37)39-20-26-23-13-8-6-11-21(23)22-12-7-9-14-24(22)26/h6-9,11-14,26-27H,2-5,10,15-20H2,1H3/t27-/m1/s1. The number of Topliss-reactive ketones (excluding diaryl/α,β-unsaturated/α-hetero) is 1. The molecule has 6 nitrogen and oxygen atoms in total. The first kappa shape index (κ1) is 26.8. The van der Waals surface area contributed by atoms with E-state index in [1.165, 1.54) is 16.0 Å². The first-order valence-corrected chi connectivity index (χ1v) is 15.3. The van der Waals surface area contributed by atoms with Crippen molar-refractivity contribution < 1.29 is 23.9 Å². The van der Waals surface area contributed by atoms with Crippen LogP contribution in [0.25, 0.3) is 11.1 Å². The number of esters is 1. The van der Waals surface area contributed by atoms with Crippen LogP contribution in [-0.4, -0.2) is 48.5 Å². The molecular weight excluding hydrogens is 522 g/mol. The average molecular weight is 558 g/mol. The van der Waals surface area contributed by atoms with Crippen molar-refractivity contribution in [1.82, 2.24) is 4.90 Å². The molecular formula is C33H35NO5S. The van der Waals surface area contributed by atoms with Crippen molar-refractivity contribution in [2.24, 2.45) is 0 Å². The maximum atomic E-state index is 13.6. The molecule has 2 aliphatic carbocycles. The lowest BCUT2D eigenvalue weighted by molar-refractivity contribution is -0.122. The number of amides is 1. The number of hydrogen-bond donors (Lipinski definition) is 0. The lowest BCUT2D eigenvalue weighted by Crippen LogP contribution is -2.41. The van der Waals surface area contributed by atoms with E-state index in [0.717, 1.165) is 60.1 Å². The third kappa shape index (κ3) is 4.96. The predicted octanol–water partition coefficient (Wildman–Crippen LogP) is 6.72. The van der Waals surface area contributed by atoms with Gasteiger partial charge in [-0.15, -0.1) is 11.3 Å². The Balaban J connectivity index is 1.17. The van der Waals surface area contributed by atoms with Gasteiger partial charge in [0.05, 0.1) is 18.2 Å². The van der Waals surface area contributed by atoms with Gasteiger partial charge in [-0.1, -0.05) is 55.0 Å². The van der Waals surface area contributed by atoms with E-state index >= 15 is 0 Å². The molecule has 0 N–H and O–H groups in total. The van der Waals surface area contributed by atoms with Crippen LogP contribution in [0.4, 0.5) is 4.79 Å². The van der Waals surface area contributed by atoms with Crippen molar-refractivity contribution in [2.75, 3.05) is 19.8 Å². The van der Waals surface area contributed by atoms with Crippen LogP contribution in [0, 0.1) is 0 Å². The fourth-order valence-electron chi connectivity index (χ4n) is 6.64. The number of hydrogen-bond acceptors (Lipinski definition) is 6. The van der Waals surface area contributed by atoms with Crippen LogP contribution < -0.4 is 0 Å². The molecule has 0 saturated carbocycles. The highest BCUT2D eigenvalue weighted by atomic mass is 32.1. The Labute approximate surface area is 239 Å². The molecule has 40 heavy (non-hydrogen) atoms. The average Bonchev–Trinajstić information content (AvgIpc) is 3.62. The van der Waals surface area contributed by atoms with Crippen LogP contribution in [-0.2, 0) is 33.5 Å². The van der Waals surface area contributed by atoms with E-state index in [9.17, 15) is 14.4 Å². The van der Waals surface area contributed by atoms with Crippen LogP contribution in [0.3, 0.4) is 0 Å². The summed E-state index contributed by atoms with van der Waals surface area (Å²) in [5.41, 5.74) is 6.36. The van der Waals surface area contributed by atoms with Gasteiger partial charge in [-0.05, 0) is 73.3 Å². The summed E-state index contributed by atoms with van der Waals surface area (Å²) >= 11 is 1.58. The van der Waals surface area contributed by atoms with Crippen molar-refractivity contribution in [3.8, 4) is 11.1 Å². The second-order valence-corrected chi connectivity index (χ2v) is 12.1. The molecule has 0 bridgehead atoms. The molecule has 1 aromatic heterocycles. The lowest BCUT2D eigenvalue weighted by Gasteiger charge is -2.24. The monoisotopic (exact) mass is 557 g/mol. The number of nitrogens with zero attached hydrogens (tertiary/aromatic N) is 1. The van der Waals surface area contributed by atoms with Gasteiger partial charge in [0, 0.05) is 28.6 Å². The zero-order valence-electron chi connectivity index (χ0n) is 22.9. The summed E-state index contributed by atoms with van der Waals surface area (Å²) in [5.74, 6) is -0.390. The highest BCUT2D eigenvalue weighted by molar-refractivity contribution is 7.12. The molecule has 0 unspecified atom stereocenters. The van der Waals surface area contributed by atoms with Gasteiger partial charge < -0.3 is 9.47 Å². The Morgan fingerprint density at radius 3 is 2.33 bits per heavy atom. The van der Waals surface area contributed by atoms with E-state index in [0.29, 0.717) is 25.1 Å². The number of thiophene rings is 1. The first-order chi connectivity index (χ1) is 19.6. The topological polar surface area (TPSA) is 72.9 Å². The van der Waals surface area contributed by atoms with Crippen LogP contribution >= 0.6 is 11.3 Å². The van der Waals surface area contributed by atoms with E-state index in [4.69, 9.17) is 9.47 Å². The zero-order chi connectivity index (χ0) is 27.6. The molecule has 2 heterocycles. The van der Waals surface area contributed by atoms with Gasteiger partial charge >= 0.3 is 12.1 Å². The van der Waals surface area contributed by atoms with Crippen LogP contribution in [0.1, 0.15) is 81.7 Å². The second kappa shape index (κ2) is 11.6. The molecule has 208 valence electrons. The molecule has 6 rings (SSSR count). The predicted molar refractivity (Wildman–Crippen MR) is 155 cm³/mol. The van der Waals surface area contributed by atoms with E-state index in [-0.39, 0.29) is 30.7 Å². The summed E-state index contributed by atoms with van der Waals surface area (Å²) in [6.45, 7) is 2.83. The number of ketones is 1. The molecule has 1 atom stereocenters. The lowest BCUT2D eigenvalue weighted by atomic mass is 9.98. The highest BCUT2D eigenvalue weighted by Gasteiger charge is 2.37. The van der Waals surface area contributed by atoms with Gasteiger partial charge in [0.2, 0.25) is 0 Å². The second-order valence-electron chi connectivity index (χ2n) is 10.9. The summed E-state index contributed by atoms with van der Waals surface area (Å²) in [6, 6.07) is 16.0. The van der Waals surface area contributed by atoms with E-state index < -0.39 is 12.1 Å². The summed E-state index contributed by atoms with van der Waals surface area (Å²) < 4.78 is 11.3. The van der Waals surface area contributed by atoms with Crippen molar-refractivity contribution in [3.63, 3.8) is 0 Å². The third-order valence-electron chi connectivity index (χ3n) is 8.50. The van der Waals surface area contributed by atoms with Gasteiger partial charge in [-0.2, -0.15) is 0 Å². The fraction of sp³-hybridized carbons (Fsp3) is 0.424. The van der Waals surface area contributed by atoms with Crippen molar-refractivity contribution in [1.29, 1.82) is 0 Å². The Hall–Kier alpha value is -3.45. The largest absolute Gasteiger partial charge is 0.462 e. The Morgan fingerprint density at radius 1 is 0.900 bits per heavy atom. The zero-order valence-corrected chi connectivity index (χ0v) is 23.8. The summed E-state index contributed by atoms with van der Waals surface area (Å²) in [7, 11) is 0. The summed E-state index contributed by atoms with van der Waals surface area (Å²) in [5, 5.41) is 0. The minimum Gasteiger partial charge on any atom is -0.462 e. The molecule has 1 saturated heterocycles. The minimum absolute atomic E-state index is 0.0261. The molecule has 1 fully saturated rings. The van der Waals surface area contributed by atoms with Gasteiger partial charge in [0.25, 0.3) is 0 Å². The third-order valence-corrected chi connectivity index (χ3v) is 9.80. The van der Waals surface area contributed by atoms with Crippen molar-refractivity contribution in [2.45, 2.75) is 70.3 Å². The van der Waals surface area contributed by atoms with Crippen molar-refractivity contribution in [3.05, 3.63) is 80.5 Å². The summed E-state index contributed by atoms with van der Waals surface area (Å²) in [4.78, 5) is 43.5. The number of benzene rings is 2. The van der Waals surface area contributed by atoms with E-state index in [1.54, 1.807) is 23.2 Å². The van der Waals surface area contributed by atoms with E-state index in [2.05, 4.69) is 24.3 Å². The SMILES string of the molecule is CCOC(=O)c1c(CC(=O)[C@H]2CCCN2C(=O)OCC2c3ccccc3-c3ccccc32)sc2c1CCCCC2. The molecule has 7 heteroatoms. The normalized spacial score (nSPS) is 18.0. The molecule has 3 aromatic rings. The number of aryl methyl sites for hydroxylation is 1. The molecule has 2 aromatic carbocycles. The Morgan fingerprint density at radius 2 is 1.60 bits per heavy atom. The molecule has 0 spiro atoms. The fourth-order valence-corrected chi connectivity index (χ4v) is 8.03. The maximum absolute atomic E-state index is 13.6. The first-order valence-electron chi connectivity index (χ1n) is 14.5. The van der Waals surface area contributed by atoms with Gasteiger partial charge in [0.1, 0.15) is 6.61 Å². The number of carbonyl (C=O) groups is 3. The molecule has 3 aliphatic rings. The number of fused-ring (bicyclic) bond motifs is 4. The van der Waals surface area contributed by atoms with E-state index in [1.807, 2.05) is 24.3 Å². The Bertz CT molecular complexity index is 1400. The molecule has 1 amide bonds. The van der Waals surface area contributed by atoms with Crippen LogP contribution in [0.15, 0.2) is 48.5 Å². The minimum atomic E-state index is -0.535. The smallest absolute Gasteiger partial charge is 0.410 e. The van der Waals surface area contributed by atoms with Crippen LogP contribution in [0.2, 0.25) is 0 Å². The number of carbonyl (C=O) groups excluding carboxylic acids is 3. The van der Waals surface area contributed by atoms with Gasteiger partial charge in [-0.25, -0.2) is 9.59 Å². The number of likely N-dealkylation sites (tertiary alicyclic amines) is 1. The van der Waals surface area contributed by atoms with Crippen LogP contribution in [0.5, 0.6) is 0 Å². The van der Waals surface area contributed by atoms with Gasteiger partial charge in [0.15, 0.2) is 5.78 Å². The van der Waals surface area contributed by atoms with Gasteiger partial charge in [-0.3, -0.25) is 9.69 Å². The Kier molecular flexibility index (Phi) is 7.74. The molecule has 0 radical (unpaired) electrons. The number of ether oxygens (including phenoxy) is 2. The molecule has 1 aliphatic heterocycles.